The zero-order valence-electron chi connectivity index (χ0n) is 9.45. The minimum atomic E-state index is 0.00870. The van der Waals surface area contributed by atoms with Gasteiger partial charge in [-0.15, -0.1) is 0 Å². The van der Waals surface area contributed by atoms with Crippen LogP contribution in [0.1, 0.15) is 45.4 Å². The molecule has 2 aliphatic carbocycles. The van der Waals surface area contributed by atoms with Crippen LogP contribution in [0.3, 0.4) is 0 Å². The van der Waals surface area contributed by atoms with E-state index >= 15 is 0 Å². The first kappa shape index (κ1) is 10.7. The summed E-state index contributed by atoms with van der Waals surface area (Å²) in [6, 6.07) is 0. The lowest BCUT2D eigenvalue weighted by Gasteiger charge is -2.18. The Labute approximate surface area is 91.7 Å². The Morgan fingerprint density at radius 3 is 2.80 bits per heavy atom. The van der Waals surface area contributed by atoms with Crippen molar-refractivity contribution in [2.75, 3.05) is 0 Å². The normalized spacial score (nSPS) is 32.2. The zero-order chi connectivity index (χ0) is 10.7. The molecule has 0 N–H and O–H groups in total. The van der Waals surface area contributed by atoms with Gasteiger partial charge in [0.05, 0.1) is 0 Å². The molecule has 1 saturated carbocycles. The van der Waals surface area contributed by atoms with Crippen molar-refractivity contribution in [1.82, 2.24) is 0 Å². The summed E-state index contributed by atoms with van der Waals surface area (Å²) in [4.78, 5) is 11.5. The third-order valence-electron chi connectivity index (χ3n) is 3.49. The first-order chi connectivity index (χ1) is 7.29. The number of rotatable bonds is 5. The average Bonchev–Trinajstić information content (AvgIpc) is 2.79. The zero-order valence-corrected chi connectivity index (χ0v) is 9.45. The van der Waals surface area contributed by atoms with E-state index in [0.29, 0.717) is 18.3 Å². The SMILES string of the molecule is CCCCCC(=O)OC1CC2C=CC1C2. The van der Waals surface area contributed by atoms with E-state index < -0.39 is 0 Å². The number of hydrogen-bond donors (Lipinski definition) is 0. The first-order valence-corrected chi connectivity index (χ1v) is 6.17. The Kier molecular flexibility index (Phi) is 3.45. The second-order valence-electron chi connectivity index (χ2n) is 4.77. The van der Waals surface area contributed by atoms with E-state index in [1.54, 1.807) is 0 Å². The summed E-state index contributed by atoms with van der Waals surface area (Å²) in [6.07, 6.45) is 10.8. The number of hydrogen-bond acceptors (Lipinski definition) is 2. The van der Waals surface area contributed by atoms with E-state index in [0.717, 1.165) is 25.7 Å². The molecule has 0 heterocycles. The molecule has 0 radical (unpaired) electrons. The second kappa shape index (κ2) is 4.82. The monoisotopic (exact) mass is 208 g/mol. The van der Waals surface area contributed by atoms with Crippen LogP contribution in [0.4, 0.5) is 0 Å². The van der Waals surface area contributed by atoms with Crippen molar-refractivity contribution in [3.8, 4) is 0 Å². The molecule has 0 saturated heterocycles. The van der Waals surface area contributed by atoms with Crippen LogP contribution in [0.15, 0.2) is 12.2 Å². The summed E-state index contributed by atoms with van der Waals surface area (Å²) in [5.74, 6) is 1.21. The van der Waals surface area contributed by atoms with Crippen LogP contribution in [0, 0.1) is 11.8 Å². The average molecular weight is 208 g/mol. The van der Waals surface area contributed by atoms with Crippen LogP contribution in [-0.2, 0) is 9.53 Å². The highest BCUT2D eigenvalue weighted by Gasteiger charge is 2.37. The minimum Gasteiger partial charge on any atom is -0.462 e. The van der Waals surface area contributed by atoms with E-state index in [4.69, 9.17) is 4.74 Å². The molecule has 84 valence electrons. The topological polar surface area (TPSA) is 26.3 Å². The number of esters is 1. The number of carbonyl (C=O) groups excluding carboxylic acids is 1. The van der Waals surface area contributed by atoms with Gasteiger partial charge in [-0.2, -0.15) is 0 Å². The van der Waals surface area contributed by atoms with E-state index in [1.165, 1.54) is 6.42 Å². The summed E-state index contributed by atoms with van der Waals surface area (Å²) < 4.78 is 5.50. The lowest BCUT2D eigenvalue weighted by molar-refractivity contribution is -0.150. The molecule has 2 aliphatic rings. The van der Waals surface area contributed by atoms with Crippen molar-refractivity contribution < 1.29 is 9.53 Å². The molecule has 3 unspecified atom stereocenters. The van der Waals surface area contributed by atoms with Gasteiger partial charge in [0.2, 0.25) is 0 Å². The van der Waals surface area contributed by atoms with Gasteiger partial charge < -0.3 is 4.74 Å². The van der Waals surface area contributed by atoms with Gasteiger partial charge in [0.25, 0.3) is 0 Å². The Morgan fingerprint density at radius 2 is 2.20 bits per heavy atom. The van der Waals surface area contributed by atoms with Gasteiger partial charge in [-0.3, -0.25) is 4.79 Å². The maximum Gasteiger partial charge on any atom is 0.306 e. The predicted octanol–water partition coefficient (Wildman–Crippen LogP) is 3.07. The Balaban J connectivity index is 1.69. The number of ether oxygens (including phenoxy) is 1. The van der Waals surface area contributed by atoms with Gasteiger partial charge in [0.1, 0.15) is 6.10 Å². The van der Waals surface area contributed by atoms with Crippen LogP contribution in [0.2, 0.25) is 0 Å². The van der Waals surface area contributed by atoms with Crippen LogP contribution >= 0.6 is 0 Å². The molecule has 2 heteroatoms. The van der Waals surface area contributed by atoms with Gasteiger partial charge in [-0.05, 0) is 25.2 Å². The molecule has 0 aliphatic heterocycles. The molecule has 2 nitrogen and oxygen atoms in total. The highest BCUT2D eigenvalue weighted by Crippen LogP contribution is 2.40. The van der Waals surface area contributed by atoms with E-state index in [-0.39, 0.29) is 12.1 Å². The van der Waals surface area contributed by atoms with E-state index in [2.05, 4.69) is 19.1 Å². The van der Waals surface area contributed by atoms with E-state index in [1.807, 2.05) is 0 Å². The molecule has 2 rings (SSSR count). The van der Waals surface area contributed by atoms with Crippen molar-refractivity contribution in [3.05, 3.63) is 12.2 Å². The van der Waals surface area contributed by atoms with Gasteiger partial charge in [-0.25, -0.2) is 0 Å². The maximum atomic E-state index is 11.5. The highest BCUT2D eigenvalue weighted by atomic mass is 16.5. The quantitative estimate of drug-likeness (QED) is 0.394. The first-order valence-electron chi connectivity index (χ1n) is 6.17. The summed E-state index contributed by atoms with van der Waals surface area (Å²) in [7, 11) is 0. The molecular formula is C13H20O2. The molecule has 0 aromatic rings. The van der Waals surface area contributed by atoms with Crippen molar-refractivity contribution in [1.29, 1.82) is 0 Å². The number of unbranched alkanes of at least 4 members (excludes halogenated alkanes) is 2. The molecule has 2 bridgehead atoms. The predicted molar refractivity (Wildman–Crippen MR) is 59.4 cm³/mol. The van der Waals surface area contributed by atoms with Crippen LogP contribution in [0.5, 0.6) is 0 Å². The Bertz CT molecular complexity index is 257. The van der Waals surface area contributed by atoms with Gasteiger partial charge in [0, 0.05) is 12.3 Å². The van der Waals surface area contributed by atoms with Gasteiger partial charge in [-0.1, -0.05) is 31.9 Å². The lowest BCUT2D eigenvalue weighted by Crippen LogP contribution is -2.22. The fraction of sp³-hybridized carbons (Fsp3) is 0.769. The molecule has 15 heavy (non-hydrogen) atoms. The third-order valence-corrected chi connectivity index (χ3v) is 3.49. The molecule has 0 aromatic heterocycles. The summed E-state index contributed by atoms with van der Waals surface area (Å²) in [5, 5.41) is 0. The number of fused-ring (bicyclic) bond motifs is 2. The number of allylic oxidation sites excluding steroid dienone is 1. The molecule has 3 atom stereocenters. The number of carbonyl (C=O) groups is 1. The Hall–Kier alpha value is -0.790. The third kappa shape index (κ3) is 2.61. The second-order valence-corrected chi connectivity index (χ2v) is 4.77. The van der Waals surface area contributed by atoms with Crippen molar-refractivity contribution in [2.45, 2.75) is 51.6 Å². The smallest absolute Gasteiger partial charge is 0.306 e. The van der Waals surface area contributed by atoms with Crippen LogP contribution in [0.25, 0.3) is 0 Å². The minimum absolute atomic E-state index is 0.00870. The lowest BCUT2D eigenvalue weighted by atomic mass is 10.0. The summed E-state index contributed by atoms with van der Waals surface area (Å²) in [6.45, 7) is 2.14. The van der Waals surface area contributed by atoms with Crippen LogP contribution < -0.4 is 0 Å². The molecule has 0 aromatic carbocycles. The van der Waals surface area contributed by atoms with Crippen molar-refractivity contribution in [2.24, 2.45) is 11.8 Å². The Morgan fingerprint density at radius 1 is 1.33 bits per heavy atom. The maximum absolute atomic E-state index is 11.5. The largest absolute Gasteiger partial charge is 0.462 e. The van der Waals surface area contributed by atoms with Gasteiger partial charge >= 0.3 is 5.97 Å². The standard InChI is InChI=1S/C13H20O2/c1-2-3-4-5-13(14)15-12-9-10-6-7-11(12)8-10/h6-7,10-12H,2-5,8-9H2,1H3. The summed E-state index contributed by atoms with van der Waals surface area (Å²) in [5.41, 5.74) is 0. The van der Waals surface area contributed by atoms with E-state index in [9.17, 15) is 4.79 Å². The molecule has 0 amide bonds. The fourth-order valence-electron chi connectivity index (χ4n) is 2.61. The van der Waals surface area contributed by atoms with Gasteiger partial charge in [0.15, 0.2) is 0 Å². The highest BCUT2D eigenvalue weighted by molar-refractivity contribution is 5.69. The molecular weight excluding hydrogens is 188 g/mol. The molecule has 0 spiro atoms. The summed E-state index contributed by atoms with van der Waals surface area (Å²) >= 11 is 0. The molecule has 1 fully saturated rings. The van der Waals surface area contributed by atoms with Crippen LogP contribution in [-0.4, -0.2) is 12.1 Å². The van der Waals surface area contributed by atoms with Crippen molar-refractivity contribution >= 4 is 5.97 Å². The fourth-order valence-corrected chi connectivity index (χ4v) is 2.61. The van der Waals surface area contributed by atoms with Crippen molar-refractivity contribution in [3.63, 3.8) is 0 Å².